The number of carbonyl (C=O) groups is 1. The third kappa shape index (κ3) is 1.49. The summed E-state index contributed by atoms with van der Waals surface area (Å²) < 4.78 is 39.3. The van der Waals surface area contributed by atoms with Gasteiger partial charge in [0.05, 0.1) is 0 Å². The number of halogens is 3. The van der Waals surface area contributed by atoms with E-state index in [4.69, 9.17) is 5.11 Å². The highest BCUT2D eigenvalue weighted by Crippen LogP contribution is 2.68. The van der Waals surface area contributed by atoms with E-state index in [1.807, 2.05) is 0 Å². The van der Waals surface area contributed by atoms with Crippen LogP contribution in [0.3, 0.4) is 0 Å². The predicted molar refractivity (Wildman–Crippen MR) is 64.6 cm³/mol. The molecular formula is C15H17F3O2. The lowest BCUT2D eigenvalue weighted by Gasteiger charge is -2.39. The van der Waals surface area contributed by atoms with Gasteiger partial charge in [-0.15, -0.1) is 0 Å². The summed E-state index contributed by atoms with van der Waals surface area (Å²) >= 11 is 0. The Labute approximate surface area is 115 Å². The van der Waals surface area contributed by atoms with Crippen molar-refractivity contribution in [1.29, 1.82) is 0 Å². The smallest absolute Gasteiger partial charge is 0.402 e. The lowest BCUT2D eigenvalue weighted by Crippen LogP contribution is -2.43. The first kappa shape index (κ1) is 12.7. The lowest BCUT2D eigenvalue weighted by atomic mass is 9.66. The second-order valence-electron chi connectivity index (χ2n) is 7.02. The van der Waals surface area contributed by atoms with Crippen LogP contribution in [0.25, 0.3) is 0 Å². The summed E-state index contributed by atoms with van der Waals surface area (Å²) in [6.45, 7) is 0. The third-order valence-corrected chi connectivity index (χ3v) is 6.37. The Morgan fingerprint density at radius 1 is 1.10 bits per heavy atom. The van der Waals surface area contributed by atoms with Crippen molar-refractivity contribution in [2.45, 2.75) is 25.4 Å². The Morgan fingerprint density at radius 2 is 1.75 bits per heavy atom. The SMILES string of the molecule is O=C(O)C(C1CC2CC1C1C3C=CC(C3)C21)C(F)(F)F. The summed E-state index contributed by atoms with van der Waals surface area (Å²) in [6, 6.07) is 0. The fraction of sp³-hybridized carbons (Fsp3) is 0.800. The molecule has 3 fully saturated rings. The van der Waals surface area contributed by atoms with Crippen molar-refractivity contribution < 1.29 is 23.1 Å². The van der Waals surface area contributed by atoms with E-state index >= 15 is 0 Å². The van der Waals surface area contributed by atoms with Crippen molar-refractivity contribution in [3.8, 4) is 0 Å². The summed E-state index contributed by atoms with van der Waals surface area (Å²) in [5, 5.41) is 9.04. The van der Waals surface area contributed by atoms with Gasteiger partial charge in [0.15, 0.2) is 5.92 Å². The predicted octanol–water partition coefficient (Wildman–Crippen LogP) is 3.34. The number of fused-ring (bicyclic) bond motifs is 9. The Kier molecular flexibility index (Phi) is 2.42. The molecule has 0 aliphatic heterocycles. The minimum Gasteiger partial charge on any atom is -0.481 e. The van der Waals surface area contributed by atoms with E-state index in [0.29, 0.717) is 36.0 Å². The van der Waals surface area contributed by atoms with Crippen LogP contribution in [0.5, 0.6) is 0 Å². The Hall–Kier alpha value is -1.00. The fourth-order valence-corrected chi connectivity index (χ4v) is 6.02. The molecule has 4 rings (SSSR count). The van der Waals surface area contributed by atoms with Crippen molar-refractivity contribution in [2.75, 3.05) is 0 Å². The quantitative estimate of drug-likeness (QED) is 0.624. The van der Waals surface area contributed by atoms with E-state index in [-0.39, 0.29) is 5.92 Å². The summed E-state index contributed by atoms with van der Waals surface area (Å²) in [7, 11) is 0. The van der Waals surface area contributed by atoms with Gasteiger partial charge < -0.3 is 5.11 Å². The van der Waals surface area contributed by atoms with Gasteiger partial charge in [-0.25, -0.2) is 0 Å². The van der Waals surface area contributed by atoms with Gasteiger partial charge in [0.2, 0.25) is 0 Å². The first-order valence-corrected chi connectivity index (χ1v) is 7.35. The molecule has 4 aliphatic rings. The molecule has 4 aliphatic carbocycles. The number of carboxylic acid groups (broad SMARTS) is 1. The number of hydrogen-bond donors (Lipinski definition) is 1. The molecule has 1 N–H and O–H groups in total. The Morgan fingerprint density at radius 3 is 2.35 bits per heavy atom. The number of alkyl halides is 3. The van der Waals surface area contributed by atoms with Crippen LogP contribution in [0.4, 0.5) is 13.2 Å². The molecule has 3 saturated carbocycles. The van der Waals surface area contributed by atoms with Crippen LogP contribution in [-0.4, -0.2) is 17.3 Å². The summed E-state index contributed by atoms with van der Waals surface area (Å²) in [6.07, 6.45) is 2.13. The zero-order chi connectivity index (χ0) is 14.2. The lowest BCUT2D eigenvalue weighted by molar-refractivity contribution is -0.209. The van der Waals surface area contributed by atoms with Gasteiger partial charge >= 0.3 is 12.1 Å². The van der Waals surface area contributed by atoms with Crippen molar-refractivity contribution in [3.05, 3.63) is 12.2 Å². The minimum absolute atomic E-state index is 0.0346. The van der Waals surface area contributed by atoms with Crippen LogP contribution < -0.4 is 0 Å². The van der Waals surface area contributed by atoms with E-state index in [1.54, 1.807) is 0 Å². The van der Waals surface area contributed by atoms with E-state index in [1.165, 1.54) is 0 Å². The maximum Gasteiger partial charge on any atom is 0.402 e. The summed E-state index contributed by atoms with van der Waals surface area (Å²) in [5.41, 5.74) is 0. The Bertz CT molecular complexity index is 484. The molecule has 0 aromatic carbocycles. The summed E-state index contributed by atoms with van der Waals surface area (Å²) in [4.78, 5) is 11.1. The second-order valence-corrected chi connectivity index (χ2v) is 7.02. The van der Waals surface area contributed by atoms with Gasteiger partial charge in [-0.05, 0) is 60.7 Å². The average Bonchev–Trinajstić information content (AvgIpc) is 3.04. The molecule has 2 nitrogen and oxygen atoms in total. The van der Waals surface area contributed by atoms with E-state index < -0.39 is 24.0 Å². The normalized spacial score (nSPS) is 49.6. The van der Waals surface area contributed by atoms with Crippen LogP contribution >= 0.6 is 0 Å². The molecular weight excluding hydrogens is 269 g/mol. The number of carboxylic acids is 1. The molecule has 4 bridgehead atoms. The van der Waals surface area contributed by atoms with Crippen LogP contribution in [-0.2, 0) is 4.79 Å². The number of aliphatic carboxylic acids is 1. The first-order valence-electron chi connectivity index (χ1n) is 7.35. The number of hydrogen-bond acceptors (Lipinski definition) is 1. The monoisotopic (exact) mass is 286 g/mol. The maximum absolute atomic E-state index is 13.1. The molecule has 0 heterocycles. The number of allylic oxidation sites excluding steroid dienone is 2. The molecule has 0 aromatic rings. The van der Waals surface area contributed by atoms with Crippen molar-refractivity contribution >= 4 is 5.97 Å². The molecule has 5 heteroatoms. The highest BCUT2D eigenvalue weighted by molar-refractivity contribution is 5.71. The zero-order valence-electron chi connectivity index (χ0n) is 10.9. The second kappa shape index (κ2) is 3.80. The van der Waals surface area contributed by atoms with Crippen molar-refractivity contribution in [1.82, 2.24) is 0 Å². The van der Waals surface area contributed by atoms with Crippen LogP contribution in [0.15, 0.2) is 12.2 Å². The van der Waals surface area contributed by atoms with Crippen LogP contribution in [0.1, 0.15) is 19.3 Å². The van der Waals surface area contributed by atoms with E-state index in [9.17, 15) is 18.0 Å². The molecule has 8 unspecified atom stereocenters. The molecule has 0 aromatic heterocycles. The van der Waals surface area contributed by atoms with Crippen molar-refractivity contribution in [3.63, 3.8) is 0 Å². The van der Waals surface area contributed by atoms with Crippen molar-refractivity contribution in [2.24, 2.45) is 47.3 Å². The molecule has 8 atom stereocenters. The van der Waals surface area contributed by atoms with Gasteiger partial charge in [0, 0.05) is 0 Å². The molecule has 0 radical (unpaired) electrons. The zero-order valence-corrected chi connectivity index (χ0v) is 10.9. The highest BCUT2D eigenvalue weighted by atomic mass is 19.4. The van der Waals surface area contributed by atoms with Gasteiger partial charge in [-0.3, -0.25) is 4.79 Å². The summed E-state index contributed by atoms with van der Waals surface area (Å²) in [5.74, 6) is -2.46. The standard InChI is InChI=1S/C15H17F3O2/c16-15(17,18)13(14(19)20)10-5-8-4-9(10)12-7-2-1-6(3-7)11(8)12/h1-2,6-13H,3-5H2,(H,19,20). The van der Waals surface area contributed by atoms with Gasteiger partial charge in [0.1, 0.15) is 0 Å². The fourth-order valence-electron chi connectivity index (χ4n) is 6.02. The minimum atomic E-state index is -4.62. The van der Waals surface area contributed by atoms with Gasteiger partial charge in [-0.1, -0.05) is 12.2 Å². The molecule has 0 amide bonds. The number of rotatable bonds is 2. The first-order chi connectivity index (χ1) is 9.38. The molecule has 110 valence electrons. The topological polar surface area (TPSA) is 37.3 Å². The van der Waals surface area contributed by atoms with E-state index in [0.717, 1.165) is 12.8 Å². The molecule has 20 heavy (non-hydrogen) atoms. The van der Waals surface area contributed by atoms with Gasteiger partial charge in [0.25, 0.3) is 0 Å². The third-order valence-electron chi connectivity index (χ3n) is 6.37. The Balaban J connectivity index is 1.64. The van der Waals surface area contributed by atoms with Crippen LogP contribution in [0, 0.1) is 47.3 Å². The van der Waals surface area contributed by atoms with E-state index in [2.05, 4.69) is 12.2 Å². The maximum atomic E-state index is 13.1. The van der Waals surface area contributed by atoms with Crippen LogP contribution in [0.2, 0.25) is 0 Å². The van der Waals surface area contributed by atoms with Gasteiger partial charge in [-0.2, -0.15) is 13.2 Å². The highest BCUT2D eigenvalue weighted by Gasteiger charge is 2.65. The molecule has 0 saturated heterocycles. The molecule has 0 spiro atoms. The average molecular weight is 286 g/mol. The largest absolute Gasteiger partial charge is 0.481 e.